The highest BCUT2D eigenvalue weighted by Gasteiger charge is 2.57. The molecule has 6 aliphatic heterocycles. The van der Waals surface area contributed by atoms with Crippen LogP contribution in [0.5, 0.6) is 57.5 Å². The van der Waals surface area contributed by atoms with Crippen LogP contribution in [0.25, 0.3) is 0 Å². The summed E-state index contributed by atoms with van der Waals surface area (Å²) >= 11 is 0. The van der Waals surface area contributed by atoms with Crippen LogP contribution in [0.1, 0.15) is 123 Å². The highest BCUT2D eigenvalue weighted by atomic mass is 16.6. The van der Waals surface area contributed by atoms with Gasteiger partial charge in [-0.2, -0.15) is 0 Å². The number of carbonyl (C=O) groups excluding carboxylic acids is 9. The summed E-state index contributed by atoms with van der Waals surface area (Å²) in [4.78, 5) is 160. The van der Waals surface area contributed by atoms with Gasteiger partial charge in [-0.1, -0.05) is 54.6 Å². The van der Waals surface area contributed by atoms with Gasteiger partial charge in [0.05, 0.1) is 85.8 Å². The van der Waals surface area contributed by atoms with E-state index in [0.717, 1.165) is 36.4 Å². The van der Waals surface area contributed by atoms with Gasteiger partial charge in [-0.3, -0.25) is 64.4 Å². The molecule has 12 aromatic rings. The molecule has 6 heterocycles. The van der Waals surface area contributed by atoms with E-state index >= 15 is 0 Å². The number of rotatable bonds is 26. The molecule has 41 heteroatoms. The fraction of sp³-hybridized carbons (Fsp3) is 0.190. The first-order valence-electron chi connectivity index (χ1n) is 43.4. The van der Waals surface area contributed by atoms with Crippen LogP contribution in [0.15, 0.2) is 243 Å². The third-order valence-corrected chi connectivity index (χ3v) is 23.3. The Balaban J connectivity index is 0.000000154. The highest BCUT2D eigenvalue weighted by Crippen LogP contribution is 2.61. The number of alkyl carbamates (subject to hydrolysis) is 1. The predicted octanol–water partition coefficient (Wildman–Crippen LogP) is 13.5. The van der Waals surface area contributed by atoms with Crippen LogP contribution >= 0.6 is 0 Å². The molecule has 6 amide bonds. The summed E-state index contributed by atoms with van der Waals surface area (Å²) in [5.74, 6) is -1.29. The second-order valence-corrected chi connectivity index (χ2v) is 33.9. The van der Waals surface area contributed by atoms with Crippen LogP contribution in [-0.4, -0.2) is 174 Å². The number of likely N-dealkylation sites (N-methyl/N-ethyl adjacent to an activating group) is 3. The molecule has 18 rings (SSSR count). The second-order valence-electron chi connectivity index (χ2n) is 33.9. The molecule has 0 aromatic heterocycles. The molecular formula is C100H85N13O28. The monoisotopic (exact) mass is 1920 g/mol. The fourth-order valence-electron chi connectivity index (χ4n) is 17.0. The van der Waals surface area contributed by atoms with Crippen LogP contribution in [0.2, 0.25) is 0 Å². The van der Waals surface area contributed by atoms with Crippen molar-refractivity contribution in [3.63, 3.8) is 0 Å². The van der Waals surface area contributed by atoms with Crippen molar-refractivity contribution in [3.05, 3.63) is 361 Å². The highest BCUT2D eigenvalue weighted by molar-refractivity contribution is 6.01. The Hall–Kier alpha value is -18.7. The molecule has 0 fully saturated rings. The van der Waals surface area contributed by atoms with Crippen LogP contribution in [0.3, 0.4) is 0 Å². The van der Waals surface area contributed by atoms with Gasteiger partial charge in [0.1, 0.15) is 69.7 Å². The van der Waals surface area contributed by atoms with Gasteiger partial charge in [-0.05, 0) is 136 Å². The number of nitro groups is 4. The molecule has 9 N–H and O–H groups in total. The van der Waals surface area contributed by atoms with Crippen molar-refractivity contribution in [2.24, 2.45) is 0 Å². The number of nitro benzene ring substituents is 4. The topological polar surface area (TPSA) is 543 Å². The number of hydrogen-bond donors (Lipinski definition) is 9. The van der Waals surface area contributed by atoms with E-state index in [0.29, 0.717) is 130 Å². The first kappa shape index (κ1) is 95.4. The molecule has 3 unspecified atom stereocenters. The third kappa shape index (κ3) is 19.5. The van der Waals surface area contributed by atoms with E-state index in [1.54, 1.807) is 178 Å². The first-order valence-corrected chi connectivity index (χ1v) is 43.4. The molecule has 0 aliphatic carbocycles. The van der Waals surface area contributed by atoms with Crippen LogP contribution in [-0.2, 0) is 50.1 Å². The van der Waals surface area contributed by atoms with Crippen molar-refractivity contribution < 1.29 is 116 Å². The van der Waals surface area contributed by atoms with Gasteiger partial charge in [0.15, 0.2) is 16.8 Å². The van der Waals surface area contributed by atoms with E-state index in [1.165, 1.54) is 36.4 Å². The Morgan fingerprint density at radius 2 is 0.667 bits per heavy atom. The van der Waals surface area contributed by atoms with Crippen LogP contribution < -0.4 is 65.5 Å². The molecule has 41 nitrogen and oxygen atoms in total. The summed E-state index contributed by atoms with van der Waals surface area (Å²) in [6.45, 7) is 5.70. The standard InChI is InChI=1S/C38H29N5O11.C32H25N5O10.C30H31N3O7/c1-41(24-8-12-31-33(19-24)53-34-20-27(44)9-13-32(34)38(31)30-5-3-2-4-29(30)37(47)54-38)21-35(45)40-23-6-10-28(11-7-23)52-15-14-39-36(46)22-16-25(42(48)49)18-26(17-22)43(50)51;1-35(17-29(39)33-10-11-34-30(40)18-12-20(36(42)43)14-21(13-18)37(44)45)19-6-8-25-27(15-19)46-28-16-22(38)7-9-26(28)32(25)24-5-3-2-4-23(24)31(41)47-32;1-29(2,3)40-28(37)32-14-13-31-26(35)17-33(4)18-9-11-22-24(15-18)38-25-16-19(34)10-12-23(25)30(22)21-8-6-5-7-20(21)27(36)39-30/h2-13,16-20,44H,14-15,21H2,1H3,(H,39,46)(H,40,45);2-9,12-16,38H,10-11,17H2,1H3,(H,33,39)(H,34,40);5-12,15-16,34H,13-14,17H2,1-4H3,(H,31,35)(H,32,37). The van der Waals surface area contributed by atoms with Gasteiger partial charge < -0.3 is 99.8 Å². The maximum atomic E-state index is 13.0. The maximum absolute atomic E-state index is 13.0. The van der Waals surface area contributed by atoms with Gasteiger partial charge >= 0.3 is 24.0 Å². The lowest BCUT2D eigenvalue weighted by molar-refractivity contribution is -0.394. The second kappa shape index (κ2) is 38.9. The molecule has 6 aliphatic rings. The van der Waals surface area contributed by atoms with Gasteiger partial charge in [0, 0.05) is 181 Å². The minimum absolute atomic E-state index is 0.00227. The molecule has 3 atom stereocenters. The first-order chi connectivity index (χ1) is 67.4. The molecule has 3 spiro atoms. The zero-order chi connectivity index (χ0) is 100. The van der Waals surface area contributed by atoms with Gasteiger partial charge in [0.2, 0.25) is 17.7 Å². The number of benzene rings is 12. The van der Waals surface area contributed by atoms with E-state index in [2.05, 4.69) is 31.9 Å². The molecule has 0 radical (unpaired) electrons. The number of non-ortho nitro benzene ring substituents is 4. The summed E-state index contributed by atoms with van der Waals surface area (Å²) < 4.78 is 47.7. The van der Waals surface area contributed by atoms with E-state index in [-0.39, 0.29) is 99.2 Å². The zero-order valence-corrected chi connectivity index (χ0v) is 75.6. The average Bonchev–Trinajstić information content (AvgIpc) is 1.56. The largest absolute Gasteiger partial charge is 0.508 e. The summed E-state index contributed by atoms with van der Waals surface area (Å²) in [6, 6.07) is 63.2. The third-order valence-electron chi connectivity index (χ3n) is 23.3. The SMILES string of the molecule is CN(CC(=O)NCCNC(=O)OC(C)(C)C)c1ccc2c(c1)Oc1cc(O)ccc1C21OC(=O)c2ccccc21.CN(CC(=O)NCCNC(=O)c1cc([N+](=O)[O-])cc([N+](=O)[O-])c1)c1ccc2c(c1)Oc1cc(O)ccc1C21OC(=O)c2ccccc21.CN(CC(=O)Nc1ccc(OCCNC(=O)c2cc([N+](=O)[O-])cc([N+](=O)[O-])c2)cc1)c1ccc2c(c1)Oc1cc(O)ccc1C21OC(=O)c2ccccc21. The number of anilines is 4. The van der Waals surface area contributed by atoms with E-state index in [1.807, 2.05) is 48.5 Å². The summed E-state index contributed by atoms with van der Waals surface area (Å²) in [6.07, 6.45) is -0.545. The number of aromatic hydroxyl groups is 3. The number of carbonyl (C=O) groups is 9. The zero-order valence-electron chi connectivity index (χ0n) is 75.6. The normalized spacial score (nSPS) is 15.5. The molecule has 718 valence electrons. The molecule has 12 aromatic carbocycles. The van der Waals surface area contributed by atoms with Gasteiger partial charge in [0.25, 0.3) is 34.6 Å². The maximum Gasteiger partial charge on any atom is 0.407 e. The van der Waals surface area contributed by atoms with Crippen molar-refractivity contribution in [2.45, 2.75) is 43.2 Å². The average molecular weight is 1920 g/mol. The number of hydrogen-bond acceptors (Lipinski definition) is 31. The molecular weight excluding hydrogens is 1830 g/mol. The van der Waals surface area contributed by atoms with Crippen molar-refractivity contribution in [1.29, 1.82) is 0 Å². The van der Waals surface area contributed by atoms with E-state index < -0.39 is 107 Å². The number of nitrogens with zero attached hydrogens (tertiary/aromatic N) is 7. The summed E-state index contributed by atoms with van der Waals surface area (Å²) in [5.41, 5.74) is 1.98. The minimum Gasteiger partial charge on any atom is -0.508 e. The molecule has 0 saturated carbocycles. The lowest BCUT2D eigenvalue weighted by atomic mass is 9.77. The number of phenols is 3. The molecule has 0 bridgehead atoms. The van der Waals surface area contributed by atoms with Gasteiger partial charge in [-0.25, -0.2) is 19.2 Å². The number of fused-ring (bicyclic) bond motifs is 18. The summed E-state index contributed by atoms with van der Waals surface area (Å²) in [7, 11) is 5.19. The van der Waals surface area contributed by atoms with Crippen molar-refractivity contribution in [2.75, 3.05) is 100 Å². The predicted molar refractivity (Wildman–Crippen MR) is 504 cm³/mol. The number of phenolic OH excluding ortho intramolecular Hbond substituents is 3. The van der Waals surface area contributed by atoms with Crippen LogP contribution in [0, 0.1) is 40.5 Å². The number of ether oxygens (including phenoxy) is 8. The smallest absolute Gasteiger partial charge is 0.407 e. The minimum atomic E-state index is -1.31. The van der Waals surface area contributed by atoms with Crippen molar-refractivity contribution in [3.8, 4) is 57.5 Å². The Bertz CT molecular complexity index is 7110. The lowest BCUT2D eigenvalue weighted by Crippen LogP contribution is -2.40. The number of amides is 6. The number of nitrogens with one attached hydrogen (secondary N) is 6. The molecule has 141 heavy (non-hydrogen) atoms. The quantitative estimate of drug-likeness (QED) is 0.00799. The Kier molecular flexibility index (Phi) is 26.3. The van der Waals surface area contributed by atoms with Crippen LogP contribution in [0.4, 0.5) is 50.3 Å². The Morgan fingerprint density at radius 3 is 1.01 bits per heavy atom. The van der Waals surface area contributed by atoms with E-state index in [9.17, 15) is 98.9 Å². The summed E-state index contributed by atoms with van der Waals surface area (Å²) in [5, 5.41) is 90.8. The lowest BCUT2D eigenvalue weighted by Gasteiger charge is -2.37. The van der Waals surface area contributed by atoms with Gasteiger partial charge in [-0.15, -0.1) is 0 Å². The van der Waals surface area contributed by atoms with Crippen molar-refractivity contribution >= 4 is 99.0 Å². The fourth-order valence-corrected chi connectivity index (χ4v) is 17.0. The number of esters is 3. The van der Waals surface area contributed by atoms with Crippen molar-refractivity contribution in [1.82, 2.24) is 26.6 Å². The Morgan fingerprint density at radius 1 is 0.362 bits per heavy atom. The van der Waals surface area contributed by atoms with E-state index in [4.69, 9.17) is 37.9 Å². The Labute approximate surface area is 799 Å². The molecule has 0 saturated heterocycles.